The maximum atomic E-state index is 6.60. The monoisotopic (exact) mass is 435 g/mol. The first kappa shape index (κ1) is 30.3. The zero-order valence-electron chi connectivity index (χ0n) is 21.1. The second kappa shape index (κ2) is 16.9. The van der Waals surface area contributed by atoms with Crippen LogP contribution in [-0.2, 0) is 12.8 Å². The minimum atomic E-state index is 0. The minimum absolute atomic E-state index is 0. The van der Waals surface area contributed by atoms with Crippen LogP contribution in [0, 0.1) is 11.3 Å². The molecule has 0 atom stereocenters. The third-order valence-electron chi connectivity index (χ3n) is 6.15. The van der Waals surface area contributed by atoms with Crippen molar-refractivity contribution in [3.63, 3.8) is 0 Å². The molecule has 0 spiro atoms. The average Bonchev–Trinajstić information content (AvgIpc) is 2.74. The average molecular weight is 436 g/mol. The van der Waals surface area contributed by atoms with Gasteiger partial charge in [0.2, 0.25) is 0 Å². The van der Waals surface area contributed by atoms with E-state index in [1.807, 2.05) is 0 Å². The molecule has 0 unspecified atom stereocenters. The number of nitrogens with one attached hydrogen (secondary N) is 1. The number of fused-ring (bicyclic) bond motifs is 1. The van der Waals surface area contributed by atoms with Gasteiger partial charge in [0.1, 0.15) is 0 Å². The number of hydrogen-bond donors (Lipinski definition) is 0. The molecule has 1 nitrogen and oxygen atoms in total. The fourth-order valence-corrected chi connectivity index (χ4v) is 3.93. The summed E-state index contributed by atoms with van der Waals surface area (Å²) >= 11 is 0. The maximum absolute atomic E-state index is 6.60. The largest absolute Gasteiger partial charge is 1.00 e. The molecule has 2 aromatic carbocycles. The molecule has 1 aliphatic rings. The van der Waals surface area contributed by atoms with Crippen LogP contribution in [0.3, 0.4) is 0 Å². The van der Waals surface area contributed by atoms with E-state index in [0.717, 1.165) is 31.6 Å². The van der Waals surface area contributed by atoms with Crippen LogP contribution < -0.4 is 51.4 Å². The molecule has 0 saturated heterocycles. The summed E-state index contributed by atoms with van der Waals surface area (Å²) in [5, 5.41) is 2.73. The number of benzene rings is 2. The van der Waals surface area contributed by atoms with Gasteiger partial charge in [-0.25, -0.2) is 0 Å². The Kier molecular flexibility index (Phi) is 17.0. The van der Waals surface area contributed by atoms with Crippen molar-refractivity contribution >= 4 is 10.8 Å². The molecule has 0 heterocycles. The fourth-order valence-electron chi connectivity index (χ4n) is 3.93. The van der Waals surface area contributed by atoms with Crippen molar-refractivity contribution in [2.45, 2.75) is 99.3 Å². The Bertz CT molecular complexity index is 635. The smallest absolute Gasteiger partial charge is 0.677 e. The van der Waals surface area contributed by atoms with E-state index in [1.165, 1.54) is 54.0 Å². The van der Waals surface area contributed by atoms with Gasteiger partial charge in [0, 0.05) is 0 Å². The van der Waals surface area contributed by atoms with E-state index in [2.05, 4.69) is 77.9 Å². The normalized spacial score (nSPS) is 14.1. The van der Waals surface area contributed by atoms with E-state index in [-0.39, 0.29) is 51.4 Å². The topological polar surface area (TPSA) is 23.8 Å². The van der Waals surface area contributed by atoms with Gasteiger partial charge in [-0.15, -0.1) is 0 Å². The molecule has 1 N–H and O–H groups in total. The zero-order valence-corrected chi connectivity index (χ0v) is 24.2. The van der Waals surface area contributed by atoms with E-state index in [1.54, 1.807) is 0 Å². The Morgan fingerprint density at radius 2 is 1.27 bits per heavy atom. The van der Waals surface area contributed by atoms with E-state index in [9.17, 15) is 0 Å². The zero-order chi connectivity index (χ0) is 21.7. The van der Waals surface area contributed by atoms with Crippen LogP contribution in [0.1, 0.15) is 97.6 Å². The number of unbranched alkanes of at least 4 members (excludes halogenated alkanes) is 1. The summed E-state index contributed by atoms with van der Waals surface area (Å²) in [7, 11) is 0. The molecule has 0 aromatic heterocycles. The summed E-state index contributed by atoms with van der Waals surface area (Å²) in [5.41, 5.74) is 10.0. The first-order chi connectivity index (χ1) is 13.8. The summed E-state index contributed by atoms with van der Waals surface area (Å²) in [6, 6.07) is 13.5. The Morgan fingerprint density at radius 1 is 0.800 bits per heavy atom. The van der Waals surface area contributed by atoms with Crippen molar-refractivity contribution in [2.75, 3.05) is 6.54 Å². The molecule has 2 aromatic rings. The predicted molar refractivity (Wildman–Crippen MR) is 133 cm³/mol. The van der Waals surface area contributed by atoms with Crippen LogP contribution in [0.2, 0.25) is 0 Å². The molecule has 0 amide bonds. The van der Waals surface area contributed by atoms with Crippen LogP contribution in [0.5, 0.6) is 0 Å². The standard InChI is InChI=1S/C14H16.C10H20.C4H10N.K/c1-3-11-5-7-14-10-12(4-2)6-8-13(14)9-11;1-10(2,3)9-7-5-4-6-8-9;1-2-3-4-5;/h5-10H,3-4H2,1-2H3;9H,4-8H2,1-3H3;5H,2-4H2,1H3;/q;;-1;+1. The molecule has 2 heteroatoms. The SMILES string of the molecule is CC(C)(C)C1CCCCC1.CCCC[NH-].CCc1ccc2cc(CC)ccc2c1.[K+]. The van der Waals surface area contributed by atoms with Gasteiger partial charge < -0.3 is 5.73 Å². The Morgan fingerprint density at radius 3 is 1.53 bits per heavy atom. The van der Waals surface area contributed by atoms with Crippen molar-refractivity contribution < 1.29 is 51.4 Å². The molecule has 1 saturated carbocycles. The van der Waals surface area contributed by atoms with Gasteiger partial charge in [0.15, 0.2) is 0 Å². The first-order valence-electron chi connectivity index (χ1n) is 12.0. The van der Waals surface area contributed by atoms with E-state index < -0.39 is 0 Å². The molecule has 1 fully saturated rings. The Balaban J connectivity index is 0.000000463. The quantitative estimate of drug-likeness (QED) is 0.495. The van der Waals surface area contributed by atoms with E-state index in [4.69, 9.17) is 5.73 Å². The molecule has 1 aliphatic carbocycles. The Hall–Kier alpha value is 0.296. The van der Waals surface area contributed by atoms with Gasteiger partial charge in [-0.3, -0.25) is 0 Å². The summed E-state index contributed by atoms with van der Waals surface area (Å²) in [5.74, 6) is 1.00. The van der Waals surface area contributed by atoms with Crippen molar-refractivity contribution in [2.24, 2.45) is 11.3 Å². The van der Waals surface area contributed by atoms with Crippen molar-refractivity contribution in [3.05, 3.63) is 53.3 Å². The summed E-state index contributed by atoms with van der Waals surface area (Å²) < 4.78 is 0. The second-order valence-electron chi connectivity index (χ2n) is 9.53. The van der Waals surface area contributed by atoms with Crippen molar-refractivity contribution in [1.82, 2.24) is 0 Å². The van der Waals surface area contributed by atoms with Crippen LogP contribution in [0.4, 0.5) is 0 Å². The molecular formula is C28H46KN. The number of aryl methyl sites for hydroxylation is 2. The molecule has 0 radical (unpaired) electrons. The van der Waals surface area contributed by atoms with Crippen LogP contribution in [0.15, 0.2) is 36.4 Å². The second-order valence-corrected chi connectivity index (χ2v) is 9.53. The first-order valence-corrected chi connectivity index (χ1v) is 12.0. The Labute approximate surface area is 230 Å². The van der Waals surface area contributed by atoms with Gasteiger partial charge in [0.05, 0.1) is 0 Å². The van der Waals surface area contributed by atoms with Crippen molar-refractivity contribution in [3.8, 4) is 0 Å². The third kappa shape index (κ3) is 11.8. The molecule has 3 rings (SSSR count). The van der Waals surface area contributed by atoms with E-state index in [0.29, 0.717) is 12.0 Å². The fraction of sp³-hybridized carbons (Fsp3) is 0.643. The molecule has 0 bridgehead atoms. The number of rotatable bonds is 4. The minimum Gasteiger partial charge on any atom is -0.677 e. The van der Waals surface area contributed by atoms with Gasteiger partial charge in [-0.1, -0.05) is 110 Å². The van der Waals surface area contributed by atoms with Crippen molar-refractivity contribution in [1.29, 1.82) is 0 Å². The van der Waals surface area contributed by atoms with Gasteiger partial charge in [0.25, 0.3) is 0 Å². The summed E-state index contributed by atoms with van der Waals surface area (Å²) in [4.78, 5) is 0. The van der Waals surface area contributed by atoms with Gasteiger partial charge in [-0.2, -0.15) is 6.54 Å². The summed E-state index contributed by atoms with van der Waals surface area (Å²) in [6.45, 7) is 14.2. The van der Waals surface area contributed by atoms with Crippen LogP contribution in [0.25, 0.3) is 16.5 Å². The maximum Gasteiger partial charge on any atom is 1.00 e. The third-order valence-corrected chi connectivity index (χ3v) is 6.15. The molecule has 30 heavy (non-hydrogen) atoms. The molecule has 0 aliphatic heterocycles. The molecule has 164 valence electrons. The van der Waals surface area contributed by atoms with Crippen LogP contribution in [-0.4, -0.2) is 6.54 Å². The summed E-state index contributed by atoms with van der Waals surface area (Å²) in [6.07, 6.45) is 11.8. The molecular weight excluding hydrogens is 389 g/mol. The number of hydrogen-bond acceptors (Lipinski definition) is 0. The van der Waals surface area contributed by atoms with Gasteiger partial charge >= 0.3 is 51.4 Å². The van der Waals surface area contributed by atoms with E-state index >= 15 is 0 Å². The predicted octanol–water partition coefficient (Wildman–Crippen LogP) is 6.42. The van der Waals surface area contributed by atoms with Crippen LogP contribution >= 0.6 is 0 Å². The van der Waals surface area contributed by atoms with Gasteiger partial charge in [-0.05, 0) is 58.9 Å².